The van der Waals surface area contributed by atoms with Crippen LogP contribution in [-0.2, 0) is 11.3 Å². The first-order chi connectivity index (χ1) is 9.18. The summed E-state index contributed by atoms with van der Waals surface area (Å²) in [5, 5.41) is 15.8. The third-order valence-electron chi connectivity index (χ3n) is 3.29. The van der Waals surface area contributed by atoms with Gasteiger partial charge in [0.1, 0.15) is 6.61 Å². The number of aliphatic hydroxyl groups is 1. The normalized spacial score (nSPS) is 22.2. The van der Waals surface area contributed by atoms with Crippen molar-refractivity contribution in [3.63, 3.8) is 0 Å². The molecule has 19 heavy (non-hydrogen) atoms. The van der Waals surface area contributed by atoms with Gasteiger partial charge in [-0.1, -0.05) is 30.3 Å². The fourth-order valence-corrected chi connectivity index (χ4v) is 2.12. The van der Waals surface area contributed by atoms with Crippen molar-refractivity contribution in [2.75, 3.05) is 19.6 Å². The number of rotatable bonds is 5. The lowest BCUT2D eigenvalue weighted by atomic mass is 9.99. The average Bonchev–Trinajstić information content (AvgIpc) is 2.85. The van der Waals surface area contributed by atoms with E-state index in [-0.39, 0.29) is 6.61 Å². The molecule has 1 aromatic carbocycles. The predicted octanol–water partition coefficient (Wildman–Crippen LogP) is 1.03. The summed E-state index contributed by atoms with van der Waals surface area (Å²) in [6.07, 6.45) is 0.826. The van der Waals surface area contributed by atoms with E-state index in [1.807, 2.05) is 30.3 Å². The molecule has 5 nitrogen and oxygen atoms in total. The molecule has 1 amide bonds. The van der Waals surface area contributed by atoms with Crippen LogP contribution in [0.5, 0.6) is 0 Å². The van der Waals surface area contributed by atoms with Crippen LogP contribution in [0.2, 0.25) is 0 Å². The van der Waals surface area contributed by atoms with Crippen molar-refractivity contribution in [3.8, 4) is 0 Å². The van der Waals surface area contributed by atoms with Crippen LogP contribution in [0.4, 0.5) is 4.79 Å². The van der Waals surface area contributed by atoms with E-state index < -0.39 is 11.7 Å². The van der Waals surface area contributed by atoms with Crippen LogP contribution < -0.4 is 10.6 Å². The molecule has 1 heterocycles. The van der Waals surface area contributed by atoms with Gasteiger partial charge in [0.15, 0.2) is 0 Å². The summed E-state index contributed by atoms with van der Waals surface area (Å²) in [5.74, 6) is 0. The zero-order chi connectivity index (χ0) is 13.6. The lowest BCUT2D eigenvalue weighted by molar-refractivity contribution is 0.0519. The first-order valence-corrected chi connectivity index (χ1v) is 6.56. The topological polar surface area (TPSA) is 70.6 Å². The van der Waals surface area contributed by atoms with Gasteiger partial charge in [0.25, 0.3) is 0 Å². The van der Waals surface area contributed by atoms with Gasteiger partial charge in [-0.3, -0.25) is 0 Å². The number of carbonyl (C=O) groups excluding carboxylic acids is 1. The maximum atomic E-state index is 11.5. The van der Waals surface area contributed by atoms with E-state index in [2.05, 4.69) is 10.6 Å². The number of hydrogen-bond donors (Lipinski definition) is 3. The highest BCUT2D eigenvalue weighted by Gasteiger charge is 2.30. The zero-order valence-corrected chi connectivity index (χ0v) is 10.9. The minimum absolute atomic E-state index is 0.262. The summed E-state index contributed by atoms with van der Waals surface area (Å²) in [4.78, 5) is 11.5. The standard InChI is InChI=1S/C14H20N2O3/c17-13(19-10-12-4-2-1-3-5-12)16-9-7-14(18)6-8-15-11-14/h1-5,15,18H,6-11H2,(H,16,17). The van der Waals surface area contributed by atoms with Gasteiger partial charge in [-0.05, 0) is 24.9 Å². The second kappa shape index (κ2) is 6.54. The number of β-amino-alcohol motifs (C(OH)–C–C–N with tert-alkyl or cyclic N) is 1. The van der Waals surface area contributed by atoms with Crippen LogP contribution in [0.15, 0.2) is 30.3 Å². The molecule has 1 fully saturated rings. The van der Waals surface area contributed by atoms with Crippen LogP contribution in [0.1, 0.15) is 18.4 Å². The molecule has 0 radical (unpaired) electrons. The Balaban J connectivity index is 1.62. The summed E-state index contributed by atoms with van der Waals surface area (Å²) in [6, 6.07) is 9.53. The second-order valence-corrected chi connectivity index (χ2v) is 4.89. The highest BCUT2D eigenvalue weighted by atomic mass is 16.5. The van der Waals surface area contributed by atoms with Gasteiger partial charge >= 0.3 is 6.09 Å². The van der Waals surface area contributed by atoms with Crippen molar-refractivity contribution in [2.24, 2.45) is 0 Å². The number of benzene rings is 1. The Kier molecular flexibility index (Phi) is 4.76. The third-order valence-corrected chi connectivity index (χ3v) is 3.29. The van der Waals surface area contributed by atoms with E-state index in [0.717, 1.165) is 18.5 Å². The summed E-state index contributed by atoms with van der Waals surface area (Å²) < 4.78 is 5.08. The largest absolute Gasteiger partial charge is 0.445 e. The smallest absolute Gasteiger partial charge is 0.407 e. The monoisotopic (exact) mass is 264 g/mol. The SMILES string of the molecule is O=C(NCCC1(O)CCNC1)OCc1ccccc1. The Morgan fingerprint density at radius 1 is 1.42 bits per heavy atom. The molecule has 2 rings (SSSR count). The maximum Gasteiger partial charge on any atom is 0.407 e. The summed E-state index contributed by atoms with van der Waals surface area (Å²) in [6.45, 7) is 2.10. The maximum absolute atomic E-state index is 11.5. The van der Waals surface area contributed by atoms with Gasteiger partial charge in [-0.25, -0.2) is 4.79 Å². The van der Waals surface area contributed by atoms with Crippen molar-refractivity contribution < 1.29 is 14.6 Å². The third kappa shape index (κ3) is 4.54. The first kappa shape index (κ1) is 13.8. The Hall–Kier alpha value is -1.59. The lowest BCUT2D eigenvalue weighted by Gasteiger charge is -2.20. The lowest BCUT2D eigenvalue weighted by Crippen LogP contribution is -2.36. The fraction of sp³-hybridized carbons (Fsp3) is 0.500. The Morgan fingerprint density at radius 2 is 2.21 bits per heavy atom. The molecule has 104 valence electrons. The predicted molar refractivity (Wildman–Crippen MR) is 71.7 cm³/mol. The summed E-state index contributed by atoms with van der Waals surface area (Å²) in [5.41, 5.74) is 0.267. The quantitative estimate of drug-likeness (QED) is 0.743. The van der Waals surface area contributed by atoms with Crippen molar-refractivity contribution in [2.45, 2.75) is 25.0 Å². The molecule has 1 aliphatic heterocycles. The van der Waals surface area contributed by atoms with Gasteiger partial charge in [0.2, 0.25) is 0 Å². The Bertz CT molecular complexity index is 402. The molecule has 0 spiro atoms. The molecule has 3 N–H and O–H groups in total. The van der Waals surface area contributed by atoms with Gasteiger partial charge in [0, 0.05) is 13.1 Å². The molecule has 1 aliphatic rings. The summed E-state index contributed by atoms with van der Waals surface area (Å²) >= 11 is 0. The second-order valence-electron chi connectivity index (χ2n) is 4.89. The highest BCUT2D eigenvalue weighted by molar-refractivity contribution is 5.67. The van der Waals surface area contributed by atoms with E-state index in [9.17, 15) is 9.90 Å². The van der Waals surface area contributed by atoms with Crippen molar-refractivity contribution >= 4 is 6.09 Å². The van der Waals surface area contributed by atoms with Gasteiger partial charge < -0.3 is 20.5 Å². The van der Waals surface area contributed by atoms with Crippen molar-refractivity contribution in [1.82, 2.24) is 10.6 Å². The van der Waals surface area contributed by atoms with Crippen LogP contribution in [0.3, 0.4) is 0 Å². The molecular weight excluding hydrogens is 244 g/mol. The van der Waals surface area contributed by atoms with Gasteiger partial charge in [-0.15, -0.1) is 0 Å². The molecule has 0 bridgehead atoms. The average molecular weight is 264 g/mol. The van der Waals surface area contributed by atoms with E-state index >= 15 is 0 Å². The van der Waals surface area contributed by atoms with Crippen LogP contribution >= 0.6 is 0 Å². The van der Waals surface area contributed by atoms with Crippen LogP contribution in [0.25, 0.3) is 0 Å². The first-order valence-electron chi connectivity index (χ1n) is 6.56. The highest BCUT2D eigenvalue weighted by Crippen LogP contribution is 2.17. The number of amides is 1. The minimum atomic E-state index is -0.688. The van der Waals surface area contributed by atoms with E-state index in [4.69, 9.17) is 4.74 Å². The van der Waals surface area contributed by atoms with E-state index in [1.54, 1.807) is 0 Å². The zero-order valence-electron chi connectivity index (χ0n) is 10.9. The van der Waals surface area contributed by atoms with E-state index in [0.29, 0.717) is 19.5 Å². The molecular formula is C14H20N2O3. The van der Waals surface area contributed by atoms with Crippen LogP contribution in [-0.4, -0.2) is 36.4 Å². The molecule has 0 aromatic heterocycles. The molecule has 1 atom stereocenters. The molecule has 0 aliphatic carbocycles. The molecule has 0 saturated carbocycles. The Morgan fingerprint density at radius 3 is 2.89 bits per heavy atom. The Labute approximate surface area is 113 Å². The number of ether oxygens (including phenoxy) is 1. The number of alkyl carbamates (subject to hydrolysis) is 1. The van der Waals surface area contributed by atoms with Crippen LogP contribution in [0, 0.1) is 0 Å². The number of hydrogen-bond acceptors (Lipinski definition) is 4. The number of carbonyl (C=O) groups is 1. The molecule has 1 unspecified atom stereocenters. The van der Waals surface area contributed by atoms with E-state index in [1.165, 1.54) is 0 Å². The molecule has 5 heteroatoms. The molecule has 1 saturated heterocycles. The number of nitrogens with one attached hydrogen (secondary N) is 2. The van der Waals surface area contributed by atoms with Crippen molar-refractivity contribution in [1.29, 1.82) is 0 Å². The minimum Gasteiger partial charge on any atom is -0.445 e. The van der Waals surface area contributed by atoms with Gasteiger partial charge in [-0.2, -0.15) is 0 Å². The molecule has 1 aromatic rings. The fourth-order valence-electron chi connectivity index (χ4n) is 2.12. The van der Waals surface area contributed by atoms with Gasteiger partial charge in [0.05, 0.1) is 5.60 Å². The summed E-state index contributed by atoms with van der Waals surface area (Å²) in [7, 11) is 0. The van der Waals surface area contributed by atoms with Crippen molar-refractivity contribution in [3.05, 3.63) is 35.9 Å².